The number of hydrogen-bond acceptors (Lipinski definition) is 6. The number of nitrogens with zero attached hydrogens (tertiary/aromatic N) is 2. The number of hydrogen-bond donors (Lipinski definition) is 1. The van der Waals surface area contributed by atoms with E-state index in [1.807, 2.05) is 4.90 Å². The predicted molar refractivity (Wildman–Crippen MR) is 137 cm³/mol. The number of piperidine rings is 1. The van der Waals surface area contributed by atoms with Crippen molar-refractivity contribution in [3.8, 4) is 0 Å². The number of esters is 1. The van der Waals surface area contributed by atoms with Crippen LogP contribution < -0.4 is 4.72 Å². The highest BCUT2D eigenvalue weighted by Crippen LogP contribution is 2.46. The Balaban J connectivity index is 1.27. The zero-order valence-electron chi connectivity index (χ0n) is 21.9. The SMILES string of the molecule is COC(=O)c1ccc(S(=O)(=O)NCCN2CCC(CN(C(=O)C(F)(F)F)C3CC3c3ccc(F)cc3)CC2)cc1. The Labute approximate surface area is 230 Å². The lowest BCUT2D eigenvalue weighted by Gasteiger charge is -2.35. The van der Waals surface area contributed by atoms with Crippen molar-refractivity contribution in [1.82, 2.24) is 14.5 Å². The fourth-order valence-corrected chi connectivity index (χ4v) is 6.13. The van der Waals surface area contributed by atoms with E-state index in [-0.39, 0.29) is 35.4 Å². The highest BCUT2D eigenvalue weighted by atomic mass is 32.2. The fourth-order valence-electron chi connectivity index (χ4n) is 5.11. The lowest BCUT2D eigenvalue weighted by atomic mass is 9.96. The molecule has 1 saturated heterocycles. The molecule has 2 aromatic carbocycles. The molecule has 1 saturated carbocycles. The average molecular weight is 586 g/mol. The van der Waals surface area contributed by atoms with E-state index in [4.69, 9.17) is 0 Å². The van der Waals surface area contributed by atoms with Crippen LogP contribution in [-0.2, 0) is 19.6 Å². The van der Waals surface area contributed by atoms with E-state index >= 15 is 0 Å². The highest BCUT2D eigenvalue weighted by molar-refractivity contribution is 7.89. The summed E-state index contributed by atoms with van der Waals surface area (Å²) >= 11 is 0. The molecule has 4 rings (SSSR count). The van der Waals surface area contributed by atoms with Crippen molar-refractivity contribution in [3.63, 3.8) is 0 Å². The number of sulfonamides is 1. The summed E-state index contributed by atoms with van der Waals surface area (Å²) in [5, 5.41) is 0. The fraction of sp³-hybridized carbons (Fsp3) is 0.481. The summed E-state index contributed by atoms with van der Waals surface area (Å²) in [4.78, 5) is 26.8. The molecule has 8 nitrogen and oxygen atoms in total. The molecule has 1 amide bonds. The number of carbonyl (C=O) groups is 2. The Bertz CT molecular complexity index is 1290. The van der Waals surface area contributed by atoms with Crippen molar-refractivity contribution < 1.29 is 40.3 Å². The molecule has 0 spiro atoms. The lowest BCUT2D eigenvalue weighted by molar-refractivity contribution is -0.187. The van der Waals surface area contributed by atoms with Crippen LogP contribution >= 0.6 is 0 Å². The van der Waals surface area contributed by atoms with Gasteiger partial charge >= 0.3 is 18.1 Å². The summed E-state index contributed by atoms with van der Waals surface area (Å²) in [5.41, 5.74) is 0.940. The van der Waals surface area contributed by atoms with Gasteiger partial charge in [0.2, 0.25) is 10.0 Å². The summed E-state index contributed by atoms with van der Waals surface area (Å²) in [6, 6.07) is 10.4. The minimum atomic E-state index is -4.98. The second kappa shape index (κ2) is 12.2. The normalized spacial score (nSPS) is 20.2. The van der Waals surface area contributed by atoms with Crippen LogP contribution in [0.5, 0.6) is 0 Å². The topological polar surface area (TPSA) is 96.0 Å². The van der Waals surface area contributed by atoms with Gasteiger partial charge in [0.05, 0.1) is 17.6 Å². The third-order valence-electron chi connectivity index (χ3n) is 7.43. The number of nitrogens with one attached hydrogen (secondary N) is 1. The molecule has 2 fully saturated rings. The summed E-state index contributed by atoms with van der Waals surface area (Å²) in [6.45, 7) is 1.64. The van der Waals surface area contributed by atoms with Gasteiger partial charge in [-0.15, -0.1) is 0 Å². The Morgan fingerprint density at radius 2 is 1.68 bits per heavy atom. The molecule has 2 atom stereocenters. The van der Waals surface area contributed by atoms with E-state index in [1.165, 1.54) is 43.5 Å². The van der Waals surface area contributed by atoms with Gasteiger partial charge in [-0.3, -0.25) is 4.79 Å². The molecule has 0 bridgehead atoms. The molecule has 40 heavy (non-hydrogen) atoms. The number of ether oxygens (including phenoxy) is 1. The van der Waals surface area contributed by atoms with Gasteiger partial charge in [-0.05, 0) is 80.2 Å². The average Bonchev–Trinajstić information content (AvgIpc) is 3.72. The monoisotopic (exact) mass is 585 g/mol. The first kappa shape index (κ1) is 29.9. The molecular formula is C27H31F4N3O5S. The van der Waals surface area contributed by atoms with E-state index in [0.29, 0.717) is 44.5 Å². The highest BCUT2D eigenvalue weighted by Gasteiger charge is 2.52. The van der Waals surface area contributed by atoms with Gasteiger partial charge in [0.25, 0.3) is 0 Å². The zero-order valence-corrected chi connectivity index (χ0v) is 22.7. The molecule has 1 aliphatic carbocycles. The molecule has 0 aromatic heterocycles. The van der Waals surface area contributed by atoms with Gasteiger partial charge in [0, 0.05) is 31.6 Å². The molecule has 218 valence electrons. The third-order valence-corrected chi connectivity index (χ3v) is 8.90. The predicted octanol–water partition coefficient (Wildman–Crippen LogP) is 3.55. The molecule has 1 heterocycles. The molecule has 13 heteroatoms. The van der Waals surface area contributed by atoms with Gasteiger partial charge in [-0.25, -0.2) is 22.3 Å². The molecule has 2 aromatic rings. The van der Waals surface area contributed by atoms with Crippen LogP contribution in [0.4, 0.5) is 17.6 Å². The van der Waals surface area contributed by atoms with Gasteiger partial charge in [-0.1, -0.05) is 12.1 Å². The van der Waals surface area contributed by atoms with Crippen LogP contribution in [-0.4, -0.2) is 82.1 Å². The molecular weight excluding hydrogens is 554 g/mol. The first-order valence-electron chi connectivity index (χ1n) is 12.9. The quantitative estimate of drug-likeness (QED) is 0.339. The standard InChI is InChI=1S/C27H31F4N3O5S/c1-39-25(35)20-4-8-22(9-5-20)40(37,38)32-12-15-33-13-10-18(11-14-33)17-34(26(36)27(29,30)31)24-16-23(24)19-2-6-21(28)7-3-19/h2-9,18,23-24,32H,10-17H2,1H3. The first-order chi connectivity index (χ1) is 18.9. The number of halogens is 4. The largest absolute Gasteiger partial charge is 0.471 e. The lowest BCUT2D eigenvalue weighted by Crippen LogP contribution is -2.47. The van der Waals surface area contributed by atoms with Crippen molar-refractivity contribution in [1.29, 1.82) is 0 Å². The molecule has 1 aliphatic heterocycles. The smallest absolute Gasteiger partial charge is 0.465 e. The van der Waals surface area contributed by atoms with E-state index in [0.717, 1.165) is 4.90 Å². The van der Waals surface area contributed by atoms with Crippen LogP contribution in [0.15, 0.2) is 53.4 Å². The Morgan fingerprint density at radius 1 is 1.05 bits per heavy atom. The second-order valence-corrected chi connectivity index (χ2v) is 11.9. The maximum Gasteiger partial charge on any atom is 0.471 e. The van der Waals surface area contributed by atoms with E-state index in [2.05, 4.69) is 9.46 Å². The molecule has 0 radical (unpaired) electrons. The number of rotatable bonds is 10. The van der Waals surface area contributed by atoms with Gasteiger partial charge in [0.15, 0.2) is 0 Å². The van der Waals surface area contributed by atoms with Crippen LogP contribution in [0.2, 0.25) is 0 Å². The number of likely N-dealkylation sites (tertiary alicyclic amines) is 1. The van der Waals surface area contributed by atoms with Gasteiger partial charge in [-0.2, -0.15) is 13.2 Å². The second-order valence-electron chi connectivity index (χ2n) is 10.1. The van der Waals surface area contributed by atoms with Crippen molar-refractivity contribution in [2.45, 2.75) is 42.3 Å². The number of amides is 1. The maximum atomic E-state index is 13.4. The third kappa shape index (κ3) is 7.38. The van der Waals surface area contributed by atoms with E-state index < -0.39 is 39.9 Å². The maximum absolute atomic E-state index is 13.4. The van der Waals surface area contributed by atoms with E-state index in [1.54, 1.807) is 12.1 Å². The molecule has 2 aliphatic rings. The van der Waals surface area contributed by atoms with Gasteiger partial charge < -0.3 is 14.5 Å². The summed E-state index contributed by atoms with van der Waals surface area (Å²) in [5.74, 6) is -3.23. The zero-order chi connectivity index (χ0) is 29.1. The van der Waals surface area contributed by atoms with Crippen LogP contribution in [0, 0.1) is 11.7 Å². The number of carbonyl (C=O) groups excluding carboxylic acids is 2. The summed E-state index contributed by atoms with van der Waals surface area (Å²) in [6.07, 6.45) is -3.44. The van der Waals surface area contributed by atoms with Crippen molar-refractivity contribution in [2.75, 3.05) is 39.8 Å². The summed E-state index contributed by atoms with van der Waals surface area (Å²) < 4.78 is 85.7. The van der Waals surface area contributed by atoms with Crippen molar-refractivity contribution in [3.05, 3.63) is 65.5 Å². The van der Waals surface area contributed by atoms with Crippen molar-refractivity contribution >= 4 is 21.9 Å². The van der Waals surface area contributed by atoms with E-state index in [9.17, 15) is 35.6 Å². The molecule has 2 unspecified atom stereocenters. The Hall–Kier alpha value is -3.03. The van der Waals surface area contributed by atoms with Crippen LogP contribution in [0.1, 0.15) is 41.1 Å². The first-order valence-corrected chi connectivity index (χ1v) is 14.4. The Kier molecular flexibility index (Phi) is 9.16. The van der Waals surface area contributed by atoms with Crippen molar-refractivity contribution in [2.24, 2.45) is 5.92 Å². The minimum Gasteiger partial charge on any atom is -0.465 e. The Morgan fingerprint density at radius 3 is 2.25 bits per heavy atom. The van der Waals surface area contributed by atoms with Gasteiger partial charge in [0.1, 0.15) is 5.82 Å². The van der Waals surface area contributed by atoms with Crippen LogP contribution in [0.3, 0.4) is 0 Å². The number of alkyl halides is 3. The van der Waals surface area contributed by atoms with Crippen LogP contribution in [0.25, 0.3) is 0 Å². The summed E-state index contributed by atoms with van der Waals surface area (Å²) in [7, 11) is -2.56. The molecule has 1 N–H and O–H groups in total. The number of methoxy groups -OCH3 is 1. The minimum absolute atomic E-state index is 0.00676. The number of benzene rings is 2.